The molecule has 0 aliphatic rings. The molecule has 0 radical (unpaired) electrons. The molecule has 0 heterocycles. The highest BCUT2D eigenvalue weighted by molar-refractivity contribution is 5.85. The SMILES string of the molecule is CON.CON.Cl. The van der Waals surface area contributed by atoms with Gasteiger partial charge in [0.25, 0.3) is 0 Å². The van der Waals surface area contributed by atoms with Crippen LogP contribution < -0.4 is 11.8 Å². The highest BCUT2D eigenvalue weighted by atomic mass is 35.5. The highest BCUT2D eigenvalue weighted by Crippen LogP contribution is 1.14. The van der Waals surface area contributed by atoms with Crippen LogP contribution in [0.4, 0.5) is 0 Å². The molecule has 0 saturated heterocycles. The molecule has 4 nitrogen and oxygen atoms in total. The third-order valence-corrected chi connectivity index (χ3v) is 0. The molecule has 0 bridgehead atoms. The molecule has 0 spiro atoms. The molecule has 0 aliphatic heterocycles. The van der Waals surface area contributed by atoms with Gasteiger partial charge >= 0.3 is 0 Å². The average molecular weight is 131 g/mol. The van der Waals surface area contributed by atoms with Gasteiger partial charge in [-0.1, -0.05) is 0 Å². The lowest BCUT2D eigenvalue weighted by atomic mass is 11.7. The highest BCUT2D eigenvalue weighted by Gasteiger charge is 1.24. The van der Waals surface area contributed by atoms with Crippen LogP contribution in [0.15, 0.2) is 0 Å². The lowest BCUT2D eigenvalue weighted by molar-refractivity contribution is 0.206. The summed E-state index contributed by atoms with van der Waals surface area (Å²) in [5.41, 5.74) is 0. The van der Waals surface area contributed by atoms with Gasteiger partial charge in [0.1, 0.15) is 0 Å². The van der Waals surface area contributed by atoms with Crippen molar-refractivity contribution in [1.29, 1.82) is 0 Å². The van der Waals surface area contributed by atoms with Crippen LogP contribution >= 0.6 is 12.4 Å². The smallest absolute Gasteiger partial charge is 0.0569 e. The first-order valence-electron chi connectivity index (χ1n) is 1.29. The summed E-state index contributed by atoms with van der Waals surface area (Å²) in [5.74, 6) is 8.69. The number of rotatable bonds is 0. The maximum Gasteiger partial charge on any atom is 0.0569 e. The van der Waals surface area contributed by atoms with Gasteiger partial charge in [-0.25, -0.2) is 11.8 Å². The van der Waals surface area contributed by atoms with Crippen molar-refractivity contribution in [3.8, 4) is 0 Å². The molecular weight excluding hydrogens is 119 g/mol. The fraction of sp³-hybridized carbons (Fsp3) is 1.00. The number of halogens is 1. The zero-order valence-corrected chi connectivity index (χ0v) is 5.20. The van der Waals surface area contributed by atoms with Crippen molar-refractivity contribution in [2.45, 2.75) is 0 Å². The van der Waals surface area contributed by atoms with Gasteiger partial charge in [0, 0.05) is 0 Å². The van der Waals surface area contributed by atoms with Crippen molar-refractivity contribution in [2.24, 2.45) is 11.8 Å². The molecule has 48 valence electrons. The van der Waals surface area contributed by atoms with E-state index in [1.54, 1.807) is 0 Å². The van der Waals surface area contributed by atoms with Gasteiger partial charge in [0.15, 0.2) is 0 Å². The van der Waals surface area contributed by atoms with Crippen LogP contribution in [0, 0.1) is 0 Å². The maximum absolute atomic E-state index is 4.35. The standard InChI is InChI=1S/2CH5NO.ClH/c2*1-3-2;/h2*2H2,1H3;1H. The van der Waals surface area contributed by atoms with Gasteiger partial charge in [0.05, 0.1) is 14.2 Å². The molecular formula is C2H11ClN2O2. The Bertz CT molecular complexity index is 15.7. The van der Waals surface area contributed by atoms with E-state index in [9.17, 15) is 0 Å². The Labute approximate surface area is 49.1 Å². The van der Waals surface area contributed by atoms with Gasteiger partial charge in [-0.05, 0) is 0 Å². The van der Waals surface area contributed by atoms with Crippen molar-refractivity contribution in [2.75, 3.05) is 14.2 Å². The summed E-state index contributed by atoms with van der Waals surface area (Å²) in [4.78, 5) is 7.50. The molecule has 0 saturated carbocycles. The summed E-state index contributed by atoms with van der Waals surface area (Å²) >= 11 is 0. The lowest BCUT2D eigenvalue weighted by Crippen LogP contribution is -1.86. The van der Waals surface area contributed by atoms with Crippen molar-refractivity contribution in [3.05, 3.63) is 0 Å². The molecule has 0 aromatic heterocycles. The van der Waals surface area contributed by atoms with Gasteiger partial charge in [-0.15, -0.1) is 12.4 Å². The molecule has 0 unspecified atom stereocenters. The summed E-state index contributed by atoms with van der Waals surface area (Å²) in [5, 5.41) is 0. The number of hydrogen-bond donors (Lipinski definition) is 2. The van der Waals surface area contributed by atoms with E-state index in [2.05, 4.69) is 21.5 Å². The van der Waals surface area contributed by atoms with Gasteiger partial charge in [0.2, 0.25) is 0 Å². The number of hydrogen-bond acceptors (Lipinski definition) is 4. The zero-order chi connectivity index (χ0) is 5.41. The van der Waals surface area contributed by atoms with Crippen LogP contribution in [0.25, 0.3) is 0 Å². The van der Waals surface area contributed by atoms with Crippen molar-refractivity contribution >= 4 is 12.4 Å². The molecule has 7 heavy (non-hydrogen) atoms. The van der Waals surface area contributed by atoms with Gasteiger partial charge in [-0.3, -0.25) is 0 Å². The Balaban J connectivity index is -0.0000000400. The van der Waals surface area contributed by atoms with E-state index < -0.39 is 0 Å². The number of nitrogens with two attached hydrogens (primary N) is 2. The molecule has 0 rings (SSSR count). The fourth-order valence-corrected chi connectivity index (χ4v) is 0. The average Bonchev–Trinajstić information content (AvgIpc) is 1.39. The summed E-state index contributed by atoms with van der Waals surface area (Å²) in [6, 6.07) is 0. The van der Waals surface area contributed by atoms with Crippen LogP contribution in [0.2, 0.25) is 0 Å². The van der Waals surface area contributed by atoms with Crippen LogP contribution in [0.1, 0.15) is 0 Å². The molecule has 5 heteroatoms. The quantitative estimate of drug-likeness (QED) is 0.431. The maximum atomic E-state index is 4.35. The Hall–Kier alpha value is 0.130. The monoisotopic (exact) mass is 130 g/mol. The van der Waals surface area contributed by atoms with Crippen molar-refractivity contribution < 1.29 is 9.68 Å². The minimum absolute atomic E-state index is 0. The third-order valence-electron chi connectivity index (χ3n) is 0. The molecule has 0 aromatic carbocycles. The lowest BCUT2D eigenvalue weighted by Gasteiger charge is -1.62. The Morgan fingerprint density at radius 1 is 1.00 bits per heavy atom. The Kier molecular flexibility index (Phi) is 79.8. The van der Waals surface area contributed by atoms with Crippen molar-refractivity contribution in [1.82, 2.24) is 0 Å². The van der Waals surface area contributed by atoms with Crippen LogP contribution in [0.5, 0.6) is 0 Å². The van der Waals surface area contributed by atoms with Crippen LogP contribution in [-0.2, 0) is 9.68 Å². The van der Waals surface area contributed by atoms with Crippen molar-refractivity contribution in [3.63, 3.8) is 0 Å². The molecule has 0 amide bonds. The third kappa shape index (κ3) is 6190. The second-order valence-electron chi connectivity index (χ2n) is 0.471. The fourth-order valence-electron chi connectivity index (χ4n) is 0. The predicted octanol–water partition coefficient (Wildman–Crippen LogP) is -0.565. The largest absolute Gasteiger partial charge is 0.308 e. The van der Waals surface area contributed by atoms with Gasteiger partial charge in [-0.2, -0.15) is 0 Å². The first-order chi connectivity index (χ1) is 2.83. The van der Waals surface area contributed by atoms with E-state index in [4.69, 9.17) is 0 Å². The summed E-state index contributed by atoms with van der Waals surface area (Å²) in [7, 11) is 2.81. The normalized spacial score (nSPS) is 5.14. The van der Waals surface area contributed by atoms with E-state index in [-0.39, 0.29) is 12.4 Å². The minimum atomic E-state index is 0. The van der Waals surface area contributed by atoms with Crippen LogP contribution in [0.3, 0.4) is 0 Å². The summed E-state index contributed by atoms with van der Waals surface area (Å²) in [6.45, 7) is 0. The van der Waals surface area contributed by atoms with E-state index in [0.717, 1.165) is 0 Å². The van der Waals surface area contributed by atoms with E-state index in [1.807, 2.05) is 0 Å². The van der Waals surface area contributed by atoms with E-state index in [0.29, 0.717) is 0 Å². The Morgan fingerprint density at radius 2 is 1.00 bits per heavy atom. The molecule has 0 aromatic rings. The topological polar surface area (TPSA) is 70.5 Å². The first kappa shape index (κ1) is 15.7. The second kappa shape index (κ2) is 35.6. The first-order valence-corrected chi connectivity index (χ1v) is 1.29. The van der Waals surface area contributed by atoms with Crippen LogP contribution in [-0.4, -0.2) is 14.2 Å². The summed E-state index contributed by atoms with van der Waals surface area (Å²) < 4.78 is 0. The predicted molar refractivity (Wildman–Crippen MR) is 29.6 cm³/mol. The van der Waals surface area contributed by atoms with E-state index >= 15 is 0 Å². The van der Waals surface area contributed by atoms with E-state index in [1.165, 1.54) is 14.2 Å². The summed E-state index contributed by atoms with van der Waals surface area (Å²) in [6.07, 6.45) is 0. The Morgan fingerprint density at radius 3 is 1.00 bits per heavy atom. The van der Waals surface area contributed by atoms with Gasteiger partial charge < -0.3 is 9.68 Å². The molecule has 4 N–H and O–H groups in total. The molecule has 0 fully saturated rings. The second-order valence-corrected chi connectivity index (χ2v) is 0.471. The molecule has 0 aliphatic carbocycles. The minimum Gasteiger partial charge on any atom is -0.308 e. The molecule has 0 atom stereocenters. The zero-order valence-electron chi connectivity index (χ0n) is 4.38.